The van der Waals surface area contributed by atoms with Gasteiger partial charge >= 0.3 is 5.97 Å². The van der Waals surface area contributed by atoms with Crippen LogP contribution in [-0.4, -0.2) is 65.0 Å². The maximum absolute atomic E-state index is 12.7. The predicted molar refractivity (Wildman–Crippen MR) is 87.9 cm³/mol. The van der Waals surface area contributed by atoms with Gasteiger partial charge in [-0.2, -0.15) is 0 Å². The molecule has 3 unspecified atom stereocenters. The summed E-state index contributed by atoms with van der Waals surface area (Å²) in [6.07, 6.45) is -0.0981. The summed E-state index contributed by atoms with van der Waals surface area (Å²) in [4.78, 5) is 36.7. The first-order valence-electron chi connectivity index (χ1n) is 8.09. The smallest absolute Gasteiger partial charge is 0.307 e. The zero-order valence-corrected chi connectivity index (χ0v) is 15.4. The summed E-state index contributed by atoms with van der Waals surface area (Å²) in [5, 5.41) is 20.3. The van der Waals surface area contributed by atoms with Gasteiger partial charge in [0.05, 0.1) is 27.6 Å². The Hall–Kier alpha value is -1.27. The minimum atomic E-state index is -2.20. The zero-order chi connectivity index (χ0) is 18.6. The molecule has 23 heavy (non-hydrogen) atoms. The van der Waals surface area contributed by atoms with Crippen molar-refractivity contribution in [1.82, 2.24) is 0 Å². The van der Waals surface area contributed by atoms with Gasteiger partial charge in [0.15, 0.2) is 23.2 Å². The number of nitrogens with zero attached hydrogens (tertiary/aromatic N) is 1. The monoisotopic (exact) mass is 330 g/mol. The maximum atomic E-state index is 12.7. The van der Waals surface area contributed by atoms with E-state index in [0.29, 0.717) is 6.42 Å². The van der Waals surface area contributed by atoms with E-state index in [4.69, 9.17) is 0 Å². The van der Waals surface area contributed by atoms with Crippen LogP contribution in [0.5, 0.6) is 0 Å². The molecule has 0 saturated heterocycles. The number of carbonyl (C=O) groups is 3. The molecular weight excluding hydrogens is 298 g/mol. The molecule has 6 nitrogen and oxygen atoms in total. The van der Waals surface area contributed by atoms with Crippen LogP contribution < -0.4 is 0 Å². The van der Waals surface area contributed by atoms with Crippen LogP contribution in [0.3, 0.4) is 0 Å². The largest absolute Gasteiger partial charge is 0.481 e. The number of aliphatic hydroxyl groups is 1. The highest BCUT2D eigenvalue weighted by atomic mass is 16.4. The molecule has 6 heteroatoms. The number of hydrogen-bond donors (Lipinski definition) is 2. The van der Waals surface area contributed by atoms with Gasteiger partial charge in [-0.15, -0.1) is 0 Å². The molecule has 0 aromatic rings. The molecule has 0 fully saturated rings. The first-order valence-corrected chi connectivity index (χ1v) is 8.09. The molecule has 0 amide bonds. The number of carboxylic acids is 1. The number of carbonyl (C=O) groups excluding carboxylic acids is 2. The Kier molecular flexibility index (Phi) is 7.57. The van der Waals surface area contributed by atoms with Gasteiger partial charge in [-0.3, -0.25) is 14.4 Å². The van der Waals surface area contributed by atoms with E-state index in [1.807, 2.05) is 13.8 Å². The third kappa shape index (κ3) is 5.70. The highest BCUT2D eigenvalue weighted by Gasteiger charge is 2.56. The Morgan fingerprint density at radius 2 is 1.57 bits per heavy atom. The van der Waals surface area contributed by atoms with E-state index >= 15 is 0 Å². The van der Waals surface area contributed by atoms with Crippen molar-refractivity contribution in [2.75, 3.05) is 21.1 Å². The number of likely N-dealkylation sites (N-methyl/N-ethyl adjacent to an activating group) is 1. The van der Waals surface area contributed by atoms with E-state index in [2.05, 4.69) is 0 Å². The fraction of sp³-hybridized carbons (Fsp3) is 0.824. The number of carboxylic acid groups (broad SMARTS) is 1. The molecule has 0 aliphatic rings. The fourth-order valence-corrected chi connectivity index (χ4v) is 3.01. The number of aliphatic carboxylic acids is 1. The van der Waals surface area contributed by atoms with E-state index < -0.39 is 35.7 Å². The Morgan fingerprint density at radius 1 is 1.09 bits per heavy atom. The van der Waals surface area contributed by atoms with Crippen LogP contribution in [0.4, 0.5) is 0 Å². The summed E-state index contributed by atoms with van der Waals surface area (Å²) in [5.74, 6) is -2.60. The van der Waals surface area contributed by atoms with E-state index in [1.54, 1.807) is 35.0 Å². The minimum absolute atomic E-state index is 0.00247. The zero-order valence-electron chi connectivity index (χ0n) is 15.4. The average Bonchev–Trinajstić information content (AvgIpc) is 2.32. The summed E-state index contributed by atoms with van der Waals surface area (Å²) in [6, 6.07) is -1.11. The van der Waals surface area contributed by atoms with Crippen LogP contribution in [-0.2, 0) is 14.4 Å². The van der Waals surface area contributed by atoms with Gasteiger partial charge in [-0.25, -0.2) is 0 Å². The maximum Gasteiger partial charge on any atom is 0.307 e. The highest BCUT2D eigenvalue weighted by Crippen LogP contribution is 2.30. The summed E-state index contributed by atoms with van der Waals surface area (Å²) < 4.78 is -0.00247. The lowest BCUT2D eigenvalue weighted by molar-refractivity contribution is -0.892. The number of rotatable bonds is 10. The Bertz CT molecular complexity index is 452. The molecule has 0 saturated carbocycles. The molecule has 0 bridgehead atoms. The molecule has 0 rings (SSSR count). The van der Waals surface area contributed by atoms with Crippen molar-refractivity contribution in [2.45, 2.75) is 58.6 Å². The topological polar surface area (TPSA) is 91.7 Å². The minimum Gasteiger partial charge on any atom is -0.481 e. The van der Waals surface area contributed by atoms with Crippen LogP contribution >= 0.6 is 0 Å². The van der Waals surface area contributed by atoms with Crippen LogP contribution in [0, 0.1) is 11.8 Å². The van der Waals surface area contributed by atoms with Gasteiger partial charge in [0.25, 0.3) is 0 Å². The van der Waals surface area contributed by atoms with Gasteiger partial charge < -0.3 is 14.7 Å². The summed E-state index contributed by atoms with van der Waals surface area (Å²) in [6.45, 7) is 7.18. The van der Waals surface area contributed by atoms with E-state index in [-0.39, 0.29) is 22.6 Å². The highest BCUT2D eigenvalue weighted by molar-refractivity contribution is 5.99. The summed E-state index contributed by atoms with van der Waals surface area (Å²) in [5.41, 5.74) is -2.20. The lowest BCUT2D eigenvalue weighted by Crippen LogP contribution is -2.67. The number of Topliss-reactive ketones (excluding diaryl/α,β-unsaturated/α-hetero) is 2. The molecule has 3 atom stereocenters. The normalized spacial score (nSPS) is 17.4. The molecular formula is C17H32NO5+. The van der Waals surface area contributed by atoms with Crippen molar-refractivity contribution >= 4 is 17.5 Å². The SMILES string of the molecule is CCC(C)C(=O)C(O)(CC(=O)O)C(C(=O)CC(C)C)[N+](C)(C)C. The molecule has 2 N–H and O–H groups in total. The molecule has 0 aliphatic heterocycles. The summed E-state index contributed by atoms with van der Waals surface area (Å²) >= 11 is 0. The second-order valence-electron chi connectivity index (χ2n) is 7.75. The molecule has 0 aliphatic carbocycles. The van der Waals surface area contributed by atoms with Crippen LogP contribution in [0.2, 0.25) is 0 Å². The van der Waals surface area contributed by atoms with Gasteiger partial charge in [0.2, 0.25) is 0 Å². The predicted octanol–water partition coefficient (Wildman–Crippen LogP) is 1.50. The Labute approximate surface area is 139 Å². The van der Waals surface area contributed by atoms with Crippen LogP contribution in [0.25, 0.3) is 0 Å². The molecule has 0 spiro atoms. The lowest BCUT2D eigenvalue weighted by Gasteiger charge is -2.42. The van der Waals surface area contributed by atoms with Crippen LogP contribution in [0.1, 0.15) is 47.0 Å². The molecule has 0 radical (unpaired) electrons. The summed E-state index contributed by atoms with van der Waals surface area (Å²) in [7, 11) is 5.08. The van der Waals surface area contributed by atoms with Crippen molar-refractivity contribution < 1.29 is 29.1 Å². The second-order valence-corrected chi connectivity index (χ2v) is 7.75. The third-order valence-corrected chi connectivity index (χ3v) is 4.05. The van der Waals surface area contributed by atoms with Crippen molar-refractivity contribution in [3.63, 3.8) is 0 Å². The second kappa shape index (κ2) is 8.02. The fourth-order valence-electron chi connectivity index (χ4n) is 3.01. The van der Waals surface area contributed by atoms with Crippen molar-refractivity contribution in [3.8, 4) is 0 Å². The number of hydrogen-bond acceptors (Lipinski definition) is 4. The third-order valence-electron chi connectivity index (χ3n) is 4.05. The van der Waals surface area contributed by atoms with E-state index in [1.165, 1.54) is 0 Å². The van der Waals surface area contributed by atoms with E-state index in [0.717, 1.165) is 0 Å². The van der Waals surface area contributed by atoms with Crippen molar-refractivity contribution in [2.24, 2.45) is 11.8 Å². The van der Waals surface area contributed by atoms with E-state index in [9.17, 15) is 24.6 Å². The Balaban J connectivity index is 6.07. The van der Waals surface area contributed by atoms with Gasteiger partial charge in [-0.05, 0) is 12.3 Å². The Morgan fingerprint density at radius 3 is 1.87 bits per heavy atom. The first kappa shape index (κ1) is 21.7. The average molecular weight is 330 g/mol. The molecule has 0 aromatic carbocycles. The quantitative estimate of drug-likeness (QED) is 0.592. The van der Waals surface area contributed by atoms with Crippen LogP contribution in [0.15, 0.2) is 0 Å². The van der Waals surface area contributed by atoms with Gasteiger partial charge in [0.1, 0.15) is 0 Å². The van der Waals surface area contributed by atoms with Gasteiger partial charge in [-0.1, -0.05) is 27.7 Å². The van der Waals surface area contributed by atoms with Crippen molar-refractivity contribution in [1.29, 1.82) is 0 Å². The number of ketones is 2. The molecule has 134 valence electrons. The number of quaternary nitrogens is 1. The standard InChI is InChI=1S/C17H31NO5/c1-8-12(4)16(22)17(23,10-14(20)21)15(18(5,6)7)13(19)9-11(2)3/h11-12,15,23H,8-10H2,1-7H3/p+1. The van der Waals surface area contributed by atoms with Crippen molar-refractivity contribution in [3.05, 3.63) is 0 Å². The lowest BCUT2D eigenvalue weighted by atomic mass is 9.76. The molecule has 0 aromatic heterocycles. The first-order chi connectivity index (χ1) is 10.3. The molecule has 0 heterocycles. The van der Waals surface area contributed by atoms with Gasteiger partial charge in [0, 0.05) is 12.3 Å².